The summed E-state index contributed by atoms with van der Waals surface area (Å²) in [5.41, 5.74) is 0.394. The smallest absolute Gasteiger partial charge is 0.314 e. The summed E-state index contributed by atoms with van der Waals surface area (Å²) in [6.45, 7) is 0.853. The average molecular weight is 292 g/mol. The Bertz CT molecular complexity index is 446. The van der Waals surface area contributed by atoms with Crippen LogP contribution in [-0.4, -0.2) is 41.5 Å². The molecule has 4 N–H and O–H groups in total. The number of aliphatic hydroxyl groups is 2. The number of amides is 2. The van der Waals surface area contributed by atoms with Crippen molar-refractivity contribution in [3.8, 4) is 0 Å². The van der Waals surface area contributed by atoms with Crippen LogP contribution in [-0.2, 0) is 0 Å². The van der Waals surface area contributed by atoms with Crippen LogP contribution in [0.25, 0.3) is 0 Å². The Labute approximate surface area is 125 Å². The highest BCUT2D eigenvalue weighted by Gasteiger charge is 2.34. The molecule has 1 aliphatic carbocycles. The van der Waals surface area contributed by atoms with Crippen molar-refractivity contribution >= 4 is 6.03 Å². The summed E-state index contributed by atoms with van der Waals surface area (Å²) in [5, 5.41) is 24.6. The highest BCUT2D eigenvalue weighted by Crippen LogP contribution is 2.30. The minimum absolute atomic E-state index is 0.0859. The Balaban J connectivity index is 1.77. The average Bonchev–Trinajstić information content (AvgIpc) is 2.48. The largest absolute Gasteiger partial charge is 0.396 e. The molecule has 1 aliphatic rings. The second kappa shape index (κ2) is 7.43. The molecule has 21 heavy (non-hydrogen) atoms. The van der Waals surface area contributed by atoms with E-state index in [4.69, 9.17) is 5.11 Å². The molecule has 0 spiro atoms. The fraction of sp³-hybridized carbons (Fsp3) is 0.562. The van der Waals surface area contributed by atoms with Gasteiger partial charge in [-0.15, -0.1) is 0 Å². The fourth-order valence-corrected chi connectivity index (χ4v) is 2.55. The zero-order valence-corrected chi connectivity index (χ0v) is 12.2. The van der Waals surface area contributed by atoms with E-state index in [0.29, 0.717) is 19.5 Å². The highest BCUT2D eigenvalue weighted by molar-refractivity contribution is 5.74. The number of aliphatic hydroxyl groups excluding tert-OH is 1. The summed E-state index contributed by atoms with van der Waals surface area (Å²) in [5.74, 6) is 0.0914. The van der Waals surface area contributed by atoms with Gasteiger partial charge in [0.25, 0.3) is 0 Å². The number of rotatable bonds is 7. The monoisotopic (exact) mass is 292 g/mol. The lowest BCUT2D eigenvalue weighted by molar-refractivity contribution is -0.0290. The van der Waals surface area contributed by atoms with Crippen LogP contribution in [0.1, 0.15) is 37.2 Å². The SMILES string of the molecule is O=C(NCC(CCO)c1ccccc1)NCC1(O)CCC1. The summed E-state index contributed by atoms with van der Waals surface area (Å²) in [6.07, 6.45) is 3.13. The Morgan fingerprint density at radius 1 is 1.24 bits per heavy atom. The van der Waals surface area contributed by atoms with Crippen molar-refractivity contribution in [2.24, 2.45) is 0 Å². The summed E-state index contributed by atoms with van der Waals surface area (Å²) >= 11 is 0. The summed E-state index contributed by atoms with van der Waals surface area (Å²) in [6, 6.07) is 9.57. The molecule has 0 heterocycles. The van der Waals surface area contributed by atoms with Gasteiger partial charge >= 0.3 is 6.03 Å². The van der Waals surface area contributed by atoms with Crippen molar-refractivity contribution in [2.45, 2.75) is 37.2 Å². The molecular weight excluding hydrogens is 268 g/mol. The molecule has 0 radical (unpaired) electrons. The number of hydrogen-bond acceptors (Lipinski definition) is 3. The van der Waals surface area contributed by atoms with Crippen LogP contribution in [0.5, 0.6) is 0 Å². The molecule has 1 saturated carbocycles. The molecule has 116 valence electrons. The number of carbonyl (C=O) groups excluding carboxylic acids is 1. The second-order valence-electron chi connectivity index (χ2n) is 5.76. The van der Waals surface area contributed by atoms with Gasteiger partial charge in [0.2, 0.25) is 0 Å². The van der Waals surface area contributed by atoms with Crippen LogP contribution < -0.4 is 10.6 Å². The maximum Gasteiger partial charge on any atom is 0.314 e. The predicted octanol–water partition coefficient (Wildman–Crippen LogP) is 1.37. The van der Waals surface area contributed by atoms with Gasteiger partial charge in [0, 0.05) is 25.6 Å². The van der Waals surface area contributed by atoms with E-state index < -0.39 is 5.60 Å². The van der Waals surface area contributed by atoms with Gasteiger partial charge in [-0.2, -0.15) is 0 Å². The van der Waals surface area contributed by atoms with Crippen LogP contribution >= 0.6 is 0 Å². The first-order valence-corrected chi connectivity index (χ1v) is 7.53. The molecule has 5 nitrogen and oxygen atoms in total. The van der Waals surface area contributed by atoms with Crippen molar-refractivity contribution in [3.05, 3.63) is 35.9 Å². The van der Waals surface area contributed by atoms with Crippen LogP contribution in [0, 0.1) is 0 Å². The number of benzene rings is 1. The standard InChI is InChI=1S/C16H24N2O3/c19-10-7-14(13-5-2-1-3-6-13)11-17-15(20)18-12-16(21)8-4-9-16/h1-3,5-6,14,19,21H,4,7-12H2,(H2,17,18,20). The Hall–Kier alpha value is -1.59. The molecule has 0 bridgehead atoms. The van der Waals surface area contributed by atoms with E-state index in [0.717, 1.165) is 24.8 Å². The van der Waals surface area contributed by atoms with Gasteiger partial charge in [-0.1, -0.05) is 30.3 Å². The molecule has 0 aromatic heterocycles. The van der Waals surface area contributed by atoms with Gasteiger partial charge in [-0.05, 0) is 31.2 Å². The number of carbonyl (C=O) groups is 1. The Morgan fingerprint density at radius 3 is 2.52 bits per heavy atom. The molecule has 2 rings (SSSR count). The number of nitrogens with one attached hydrogen (secondary N) is 2. The Kier molecular flexibility index (Phi) is 5.59. The van der Waals surface area contributed by atoms with Crippen molar-refractivity contribution in [2.75, 3.05) is 19.7 Å². The van der Waals surface area contributed by atoms with Crippen LogP contribution in [0.2, 0.25) is 0 Å². The predicted molar refractivity (Wildman–Crippen MR) is 81.1 cm³/mol. The van der Waals surface area contributed by atoms with E-state index >= 15 is 0 Å². The first kappa shape index (κ1) is 15.8. The van der Waals surface area contributed by atoms with E-state index in [-0.39, 0.29) is 18.6 Å². The third-order valence-electron chi connectivity index (χ3n) is 4.12. The molecule has 1 aromatic rings. The molecule has 1 unspecified atom stereocenters. The number of hydrogen-bond donors (Lipinski definition) is 4. The zero-order valence-electron chi connectivity index (χ0n) is 12.2. The molecule has 1 aromatic carbocycles. The lowest BCUT2D eigenvalue weighted by Crippen LogP contribution is -2.50. The van der Waals surface area contributed by atoms with Gasteiger partial charge in [-0.3, -0.25) is 0 Å². The summed E-state index contributed by atoms with van der Waals surface area (Å²) < 4.78 is 0. The molecule has 0 saturated heterocycles. The van der Waals surface area contributed by atoms with E-state index in [1.807, 2.05) is 30.3 Å². The zero-order chi connectivity index (χ0) is 15.1. The van der Waals surface area contributed by atoms with Crippen molar-refractivity contribution in [1.82, 2.24) is 10.6 Å². The maximum atomic E-state index is 11.8. The van der Waals surface area contributed by atoms with E-state index in [2.05, 4.69) is 10.6 Å². The van der Waals surface area contributed by atoms with Gasteiger partial charge < -0.3 is 20.8 Å². The molecule has 1 atom stereocenters. The van der Waals surface area contributed by atoms with E-state index in [1.54, 1.807) is 0 Å². The first-order chi connectivity index (χ1) is 10.1. The first-order valence-electron chi connectivity index (χ1n) is 7.53. The second-order valence-corrected chi connectivity index (χ2v) is 5.76. The fourth-order valence-electron chi connectivity index (χ4n) is 2.55. The molecule has 0 aliphatic heterocycles. The molecule has 1 fully saturated rings. The van der Waals surface area contributed by atoms with Crippen LogP contribution in [0.4, 0.5) is 4.79 Å². The highest BCUT2D eigenvalue weighted by atomic mass is 16.3. The van der Waals surface area contributed by atoms with Crippen molar-refractivity contribution in [1.29, 1.82) is 0 Å². The van der Waals surface area contributed by atoms with E-state index in [1.165, 1.54) is 0 Å². The minimum Gasteiger partial charge on any atom is -0.396 e. The molecule has 5 heteroatoms. The topological polar surface area (TPSA) is 81.6 Å². The van der Waals surface area contributed by atoms with Crippen molar-refractivity contribution < 1.29 is 15.0 Å². The molecular formula is C16H24N2O3. The van der Waals surface area contributed by atoms with Gasteiger partial charge in [0.05, 0.1) is 5.60 Å². The van der Waals surface area contributed by atoms with Crippen LogP contribution in [0.15, 0.2) is 30.3 Å². The lowest BCUT2D eigenvalue weighted by atomic mass is 9.80. The van der Waals surface area contributed by atoms with E-state index in [9.17, 15) is 9.90 Å². The van der Waals surface area contributed by atoms with Gasteiger partial charge in [-0.25, -0.2) is 4.79 Å². The quantitative estimate of drug-likeness (QED) is 0.612. The van der Waals surface area contributed by atoms with Crippen molar-refractivity contribution in [3.63, 3.8) is 0 Å². The maximum absolute atomic E-state index is 11.8. The number of urea groups is 1. The Morgan fingerprint density at radius 2 is 1.95 bits per heavy atom. The van der Waals surface area contributed by atoms with Gasteiger partial charge in [0.1, 0.15) is 0 Å². The normalized spacial score (nSPS) is 17.6. The lowest BCUT2D eigenvalue weighted by Gasteiger charge is -2.36. The summed E-state index contributed by atoms with van der Waals surface area (Å²) in [7, 11) is 0. The summed E-state index contributed by atoms with van der Waals surface area (Å²) in [4.78, 5) is 11.8. The minimum atomic E-state index is -0.707. The molecule has 2 amide bonds. The third-order valence-corrected chi connectivity index (χ3v) is 4.12. The van der Waals surface area contributed by atoms with Crippen LogP contribution in [0.3, 0.4) is 0 Å². The van der Waals surface area contributed by atoms with Gasteiger partial charge in [0.15, 0.2) is 0 Å². The third kappa shape index (κ3) is 4.72.